The van der Waals surface area contributed by atoms with E-state index >= 15 is 0 Å². The van der Waals surface area contributed by atoms with Gasteiger partial charge >= 0.3 is 6.18 Å². The van der Waals surface area contributed by atoms with Crippen molar-refractivity contribution in [2.45, 2.75) is 44.1 Å². The zero-order valence-corrected chi connectivity index (χ0v) is 19.9. The maximum atomic E-state index is 13.2. The van der Waals surface area contributed by atoms with Crippen LogP contribution in [0.15, 0.2) is 18.3 Å². The van der Waals surface area contributed by atoms with Gasteiger partial charge in [-0.3, -0.25) is 14.3 Å². The van der Waals surface area contributed by atoms with Crippen LogP contribution in [0.5, 0.6) is 0 Å². The van der Waals surface area contributed by atoms with Gasteiger partial charge in [0.1, 0.15) is 5.82 Å². The standard InChI is InChI=1S/C22H25ClF3N7O3/c23-13-1-5-29-17(11-13)31-6-2-15-14(31)3-7-32(15)18(34)4-9-36-10-8-33-16(12-27)19(21(28)35)20(30-33)22(24,25)26/h1,5,11-12,14-15,27H,2-4,6-10H2,(H2,28,35)/t14-,15-/m1/s1. The van der Waals surface area contributed by atoms with Crippen molar-refractivity contribution in [3.8, 4) is 0 Å². The average molecular weight is 528 g/mol. The van der Waals surface area contributed by atoms with Crippen molar-refractivity contribution in [1.29, 1.82) is 5.41 Å². The molecule has 0 radical (unpaired) electrons. The molecule has 2 saturated heterocycles. The van der Waals surface area contributed by atoms with Crippen molar-refractivity contribution in [2.24, 2.45) is 5.73 Å². The van der Waals surface area contributed by atoms with Gasteiger partial charge in [-0.15, -0.1) is 0 Å². The van der Waals surface area contributed by atoms with Crippen LogP contribution < -0.4 is 10.6 Å². The van der Waals surface area contributed by atoms with Gasteiger partial charge in [-0.25, -0.2) is 4.98 Å². The normalized spacial score (nSPS) is 19.6. The third kappa shape index (κ3) is 5.16. The van der Waals surface area contributed by atoms with Crippen LogP contribution in [0.25, 0.3) is 0 Å². The minimum atomic E-state index is -4.90. The van der Waals surface area contributed by atoms with E-state index in [0.717, 1.165) is 29.9 Å². The highest BCUT2D eigenvalue weighted by Gasteiger charge is 2.44. The van der Waals surface area contributed by atoms with E-state index in [0.29, 0.717) is 17.8 Å². The van der Waals surface area contributed by atoms with Crippen LogP contribution in [0.1, 0.15) is 41.0 Å². The molecular formula is C22H25ClF3N7O3. The Morgan fingerprint density at radius 1 is 1.25 bits per heavy atom. The molecule has 0 spiro atoms. The largest absolute Gasteiger partial charge is 0.435 e. The Morgan fingerprint density at radius 2 is 2.00 bits per heavy atom. The maximum Gasteiger partial charge on any atom is 0.435 e. The molecule has 2 aromatic heterocycles. The summed E-state index contributed by atoms with van der Waals surface area (Å²) >= 11 is 6.09. The summed E-state index contributed by atoms with van der Waals surface area (Å²) in [5.74, 6) is -0.583. The van der Waals surface area contributed by atoms with Crippen LogP contribution in [-0.4, -0.2) is 76.1 Å². The molecule has 2 atom stereocenters. The van der Waals surface area contributed by atoms with E-state index in [1.54, 1.807) is 12.3 Å². The van der Waals surface area contributed by atoms with Crippen molar-refractivity contribution in [1.82, 2.24) is 19.7 Å². The van der Waals surface area contributed by atoms with Gasteiger partial charge in [0.15, 0.2) is 5.69 Å². The fourth-order valence-electron chi connectivity index (χ4n) is 4.92. The number of primary amides is 1. The molecule has 0 bridgehead atoms. The number of hydrogen-bond donors (Lipinski definition) is 2. The lowest BCUT2D eigenvalue weighted by atomic mass is 10.1. The molecule has 14 heteroatoms. The molecule has 2 aliphatic heterocycles. The van der Waals surface area contributed by atoms with Gasteiger partial charge in [0.05, 0.1) is 49.5 Å². The Hall–Kier alpha value is -3.19. The number of pyridine rings is 1. The monoisotopic (exact) mass is 527 g/mol. The molecule has 0 saturated carbocycles. The minimum Gasteiger partial charge on any atom is -0.379 e. The molecule has 2 amide bonds. The highest BCUT2D eigenvalue weighted by molar-refractivity contribution is 6.30. The first-order chi connectivity index (χ1) is 17.1. The van der Waals surface area contributed by atoms with E-state index in [-0.39, 0.29) is 49.9 Å². The van der Waals surface area contributed by atoms with Crippen LogP contribution in [0.4, 0.5) is 19.0 Å². The molecule has 10 nitrogen and oxygen atoms in total. The van der Waals surface area contributed by atoms with E-state index in [2.05, 4.69) is 15.0 Å². The summed E-state index contributed by atoms with van der Waals surface area (Å²) in [6.07, 6.45) is -0.878. The predicted octanol–water partition coefficient (Wildman–Crippen LogP) is 2.33. The van der Waals surface area contributed by atoms with Gasteiger partial charge in [0.2, 0.25) is 5.91 Å². The summed E-state index contributed by atoms with van der Waals surface area (Å²) < 4.78 is 45.9. The lowest BCUT2D eigenvalue weighted by Gasteiger charge is -2.26. The Kier molecular flexibility index (Phi) is 7.50. The predicted molar refractivity (Wildman–Crippen MR) is 124 cm³/mol. The number of anilines is 1. The van der Waals surface area contributed by atoms with Crippen molar-refractivity contribution < 1.29 is 27.5 Å². The fraction of sp³-hybridized carbons (Fsp3) is 0.500. The van der Waals surface area contributed by atoms with E-state index in [4.69, 9.17) is 27.5 Å². The Bertz CT molecular complexity index is 1160. The highest BCUT2D eigenvalue weighted by Crippen LogP contribution is 2.35. The Labute approximate surface area is 209 Å². The number of nitrogens with one attached hydrogen (secondary N) is 1. The van der Waals surface area contributed by atoms with Gasteiger partial charge < -0.3 is 25.7 Å². The number of halogens is 4. The second kappa shape index (κ2) is 10.4. The SMILES string of the molecule is N=Cc1c(C(N)=O)c(C(F)(F)F)nn1CCOCCC(=O)N1CC[C@@H]2[C@H]1CCN2c1cc(Cl)ccn1. The number of nitrogens with two attached hydrogens (primary N) is 1. The van der Waals surface area contributed by atoms with Crippen LogP contribution >= 0.6 is 11.6 Å². The van der Waals surface area contributed by atoms with Crippen LogP contribution in [-0.2, 0) is 22.3 Å². The lowest BCUT2D eigenvalue weighted by molar-refractivity contribution is -0.142. The van der Waals surface area contributed by atoms with Crippen LogP contribution in [0, 0.1) is 5.41 Å². The van der Waals surface area contributed by atoms with Gasteiger partial charge in [0.25, 0.3) is 5.91 Å². The number of fused-ring (bicyclic) bond motifs is 1. The lowest BCUT2D eigenvalue weighted by Crippen LogP contribution is -2.40. The summed E-state index contributed by atoms with van der Waals surface area (Å²) in [6, 6.07) is 3.77. The number of carbonyl (C=O) groups excluding carboxylic acids is 2. The fourth-order valence-corrected chi connectivity index (χ4v) is 5.07. The molecular weight excluding hydrogens is 503 g/mol. The summed E-state index contributed by atoms with van der Waals surface area (Å²) in [5, 5.41) is 11.4. The smallest absolute Gasteiger partial charge is 0.379 e. The van der Waals surface area contributed by atoms with Crippen molar-refractivity contribution in [2.75, 3.05) is 31.2 Å². The molecule has 0 aromatic carbocycles. The zero-order chi connectivity index (χ0) is 26.0. The van der Waals surface area contributed by atoms with Crippen molar-refractivity contribution in [3.05, 3.63) is 40.3 Å². The molecule has 0 aliphatic carbocycles. The van der Waals surface area contributed by atoms with E-state index in [1.165, 1.54) is 0 Å². The highest BCUT2D eigenvalue weighted by atomic mass is 35.5. The Balaban J connectivity index is 1.28. The molecule has 194 valence electrons. The number of alkyl halides is 3. The molecule has 0 unspecified atom stereocenters. The topological polar surface area (TPSA) is 130 Å². The van der Waals surface area contributed by atoms with Crippen molar-refractivity contribution >= 4 is 35.4 Å². The summed E-state index contributed by atoms with van der Waals surface area (Å²) in [5.41, 5.74) is 2.43. The molecule has 3 N–H and O–H groups in total. The van der Waals surface area contributed by atoms with Gasteiger partial charge in [-0.1, -0.05) is 11.6 Å². The third-order valence-corrected chi connectivity index (χ3v) is 6.68. The number of amides is 2. The third-order valence-electron chi connectivity index (χ3n) is 6.45. The first-order valence-corrected chi connectivity index (χ1v) is 11.7. The number of carbonyl (C=O) groups is 2. The molecule has 2 fully saturated rings. The summed E-state index contributed by atoms with van der Waals surface area (Å²) in [4.78, 5) is 32.8. The zero-order valence-electron chi connectivity index (χ0n) is 19.2. The maximum absolute atomic E-state index is 13.2. The number of likely N-dealkylation sites (tertiary alicyclic amines) is 1. The quantitative estimate of drug-likeness (QED) is 0.380. The van der Waals surface area contributed by atoms with E-state index in [1.807, 2.05) is 11.0 Å². The van der Waals surface area contributed by atoms with E-state index < -0.39 is 23.3 Å². The first kappa shape index (κ1) is 25.9. The minimum absolute atomic E-state index is 0.0574. The number of ether oxygens (including phenoxy) is 1. The number of hydrogen-bond acceptors (Lipinski definition) is 7. The first-order valence-electron chi connectivity index (χ1n) is 11.4. The van der Waals surface area contributed by atoms with Gasteiger partial charge in [-0.2, -0.15) is 18.3 Å². The second-order valence-electron chi connectivity index (χ2n) is 8.53. The van der Waals surface area contributed by atoms with Crippen molar-refractivity contribution in [3.63, 3.8) is 0 Å². The number of rotatable bonds is 9. The molecule has 4 heterocycles. The molecule has 2 aliphatic rings. The number of aromatic nitrogens is 3. The summed E-state index contributed by atoms with van der Waals surface area (Å²) in [6.45, 7) is 1.26. The average Bonchev–Trinajstić information content (AvgIpc) is 3.51. The van der Waals surface area contributed by atoms with Crippen LogP contribution in [0.2, 0.25) is 5.02 Å². The molecule has 4 rings (SSSR count). The van der Waals surface area contributed by atoms with Gasteiger partial charge in [-0.05, 0) is 25.0 Å². The van der Waals surface area contributed by atoms with Gasteiger partial charge in [0, 0.05) is 30.5 Å². The summed E-state index contributed by atoms with van der Waals surface area (Å²) in [7, 11) is 0. The van der Waals surface area contributed by atoms with E-state index in [9.17, 15) is 22.8 Å². The van der Waals surface area contributed by atoms with Crippen LogP contribution in [0.3, 0.4) is 0 Å². The molecule has 2 aromatic rings. The molecule has 36 heavy (non-hydrogen) atoms. The Morgan fingerprint density at radius 3 is 2.67 bits per heavy atom. The second-order valence-corrected chi connectivity index (χ2v) is 8.96. The number of nitrogens with zero attached hydrogens (tertiary/aromatic N) is 5.